The molecule has 0 aliphatic rings. The Morgan fingerprint density at radius 3 is 2.57 bits per heavy atom. The van der Waals surface area contributed by atoms with Crippen molar-refractivity contribution in [2.75, 3.05) is 5.32 Å². The first kappa shape index (κ1) is 21.1. The fourth-order valence-electron chi connectivity index (χ4n) is 2.97. The number of ether oxygens (including phenoxy) is 1. The highest BCUT2D eigenvalue weighted by molar-refractivity contribution is 5.92. The SMILES string of the molecule is Cn1c(=O)c2c(ncn2CCCC(=O)Nc2ccccc2OC(F)(F)F)n(C)c1=O. The molecule has 30 heavy (non-hydrogen) atoms. The van der Waals surface area contributed by atoms with Crippen molar-refractivity contribution in [3.8, 4) is 5.75 Å². The fourth-order valence-corrected chi connectivity index (χ4v) is 2.97. The second-order valence-electron chi connectivity index (χ2n) is 6.51. The Balaban J connectivity index is 1.68. The average molecular weight is 425 g/mol. The van der Waals surface area contributed by atoms with E-state index in [1.165, 1.54) is 47.8 Å². The summed E-state index contributed by atoms with van der Waals surface area (Å²) in [4.78, 5) is 40.6. The number of alkyl halides is 3. The second kappa shape index (κ2) is 8.05. The molecule has 12 heteroatoms. The minimum atomic E-state index is -4.88. The normalized spacial score (nSPS) is 11.6. The molecule has 160 valence electrons. The number of aromatic nitrogens is 4. The molecule has 0 fully saturated rings. The topological polar surface area (TPSA) is 100 Å². The van der Waals surface area contributed by atoms with E-state index in [1.54, 1.807) is 0 Å². The molecule has 0 atom stereocenters. The highest BCUT2D eigenvalue weighted by Crippen LogP contribution is 2.30. The molecule has 0 aliphatic carbocycles. The maximum Gasteiger partial charge on any atom is 0.573 e. The lowest BCUT2D eigenvalue weighted by molar-refractivity contribution is -0.274. The average Bonchev–Trinajstić information content (AvgIpc) is 3.09. The maximum atomic E-state index is 12.5. The molecule has 0 aliphatic heterocycles. The first-order valence-electron chi connectivity index (χ1n) is 8.84. The van der Waals surface area contributed by atoms with Crippen molar-refractivity contribution in [1.29, 1.82) is 0 Å². The van der Waals surface area contributed by atoms with Crippen LogP contribution in [0.1, 0.15) is 12.8 Å². The van der Waals surface area contributed by atoms with Gasteiger partial charge in [-0.1, -0.05) is 12.1 Å². The highest BCUT2D eigenvalue weighted by Gasteiger charge is 2.32. The zero-order chi connectivity index (χ0) is 22.1. The number of carbonyl (C=O) groups excluding carboxylic acids is 1. The highest BCUT2D eigenvalue weighted by atomic mass is 19.4. The van der Waals surface area contributed by atoms with Crippen LogP contribution in [0.25, 0.3) is 11.2 Å². The van der Waals surface area contributed by atoms with Crippen molar-refractivity contribution in [3.05, 3.63) is 51.4 Å². The van der Waals surface area contributed by atoms with Crippen LogP contribution in [0.5, 0.6) is 5.75 Å². The predicted molar refractivity (Wildman–Crippen MR) is 101 cm³/mol. The van der Waals surface area contributed by atoms with Gasteiger partial charge in [-0.2, -0.15) is 0 Å². The number of hydrogen-bond donors (Lipinski definition) is 1. The minimum Gasteiger partial charge on any atom is -0.404 e. The molecule has 1 amide bonds. The summed E-state index contributed by atoms with van der Waals surface area (Å²) in [6.07, 6.45) is -3.22. The van der Waals surface area contributed by atoms with Gasteiger partial charge in [-0.05, 0) is 18.6 Å². The van der Waals surface area contributed by atoms with E-state index in [9.17, 15) is 27.6 Å². The third-order valence-electron chi connectivity index (χ3n) is 4.41. The lowest BCUT2D eigenvalue weighted by Gasteiger charge is -2.13. The molecule has 3 aromatic rings. The number of anilines is 1. The number of amides is 1. The summed E-state index contributed by atoms with van der Waals surface area (Å²) < 4.78 is 45.0. The number of para-hydroxylation sites is 2. The standard InChI is InChI=1S/C18H18F3N5O4/c1-24-15-14(16(28)25(2)17(24)29)26(10-22-15)9-5-8-13(27)23-11-6-3-4-7-12(11)30-18(19,20)21/h3-4,6-7,10H,5,8-9H2,1-2H3,(H,23,27). The summed E-state index contributed by atoms with van der Waals surface area (Å²) in [5.74, 6) is -1.03. The van der Waals surface area contributed by atoms with E-state index in [4.69, 9.17) is 0 Å². The predicted octanol–water partition coefficient (Wildman–Crippen LogP) is 1.75. The van der Waals surface area contributed by atoms with Crippen molar-refractivity contribution in [3.63, 3.8) is 0 Å². The Morgan fingerprint density at radius 1 is 1.17 bits per heavy atom. The molecule has 1 N–H and O–H groups in total. The molecule has 1 aromatic carbocycles. The number of benzene rings is 1. The van der Waals surface area contributed by atoms with Crippen LogP contribution >= 0.6 is 0 Å². The molecule has 2 heterocycles. The number of fused-ring (bicyclic) bond motifs is 1. The van der Waals surface area contributed by atoms with Crippen molar-refractivity contribution in [2.45, 2.75) is 25.7 Å². The fraction of sp³-hybridized carbons (Fsp3) is 0.333. The third kappa shape index (κ3) is 4.36. The van der Waals surface area contributed by atoms with Crippen LogP contribution in [-0.2, 0) is 25.4 Å². The first-order valence-corrected chi connectivity index (χ1v) is 8.84. The Hall–Kier alpha value is -3.57. The number of rotatable bonds is 6. The Kier molecular flexibility index (Phi) is 5.67. The van der Waals surface area contributed by atoms with Gasteiger partial charge in [0.25, 0.3) is 5.56 Å². The molecule has 2 aromatic heterocycles. The molecule has 0 saturated heterocycles. The van der Waals surface area contributed by atoms with Crippen LogP contribution in [-0.4, -0.2) is 31.0 Å². The lowest BCUT2D eigenvalue weighted by atomic mass is 10.2. The van der Waals surface area contributed by atoms with E-state index < -0.39 is 29.3 Å². The van der Waals surface area contributed by atoms with Gasteiger partial charge in [0, 0.05) is 27.1 Å². The van der Waals surface area contributed by atoms with Gasteiger partial charge in [-0.3, -0.25) is 18.7 Å². The van der Waals surface area contributed by atoms with Gasteiger partial charge >= 0.3 is 12.1 Å². The van der Waals surface area contributed by atoms with Crippen LogP contribution in [0.2, 0.25) is 0 Å². The number of hydrogen-bond acceptors (Lipinski definition) is 5. The summed E-state index contributed by atoms with van der Waals surface area (Å²) in [5, 5.41) is 2.39. The molecule has 0 unspecified atom stereocenters. The van der Waals surface area contributed by atoms with Crippen molar-refractivity contribution < 1.29 is 22.7 Å². The van der Waals surface area contributed by atoms with Gasteiger partial charge in [-0.25, -0.2) is 9.78 Å². The molecular formula is C18H18F3N5O4. The van der Waals surface area contributed by atoms with Crippen LogP contribution < -0.4 is 21.3 Å². The van der Waals surface area contributed by atoms with Gasteiger partial charge in [0.15, 0.2) is 16.9 Å². The smallest absolute Gasteiger partial charge is 0.404 e. The third-order valence-corrected chi connectivity index (χ3v) is 4.41. The van der Waals surface area contributed by atoms with Gasteiger partial charge in [-0.15, -0.1) is 13.2 Å². The van der Waals surface area contributed by atoms with Gasteiger partial charge in [0.05, 0.1) is 12.0 Å². The van der Waals surface area contributed by atoms with Crippen LogP contribution in [0.4, 0.5) is 18.9 Å². The molecule has 3 rings (SSSR count). The summed E-state index contributed by atoms with van der Waals surface area (Å²) in [7, 11) is 2.85. The summed E-state index contributed by atoms with van der Waals surface area (Å²) in [5.41, 5.74) is -0.656. The van der Waals surface area contributed by atoms with E-state index in [2.05, 4.69) is 15.0 Å². The quantitative estimate of drug-likeness (QED) is 0.649. The number of aryl methyl sites for hydroxylation is 2. The number of carbonyl (C=O) groups is 1. The molecular weight excluding hydrogens is 407 g/mol. The van der Waals surface area contributed by atoms with Crippen molar-refractivity contribution in [2.24, 2.45) is 14.1 Å². The zero-order valence-corrected chi connectivity index (χ0v) is 16.1. The van der Waals surface area contributed by atoms with Crippen LogP contribution in [0.3, 0.4) is 0 Å². The zero-order valence-electron chi connectivity index (χ0n) is 16.1. The van der Waals surface area contributed by atoms with Gasteiger partial charge in [0.2, 0.25) is 5.91 Å². The largest absolute Gasteiger partial charge is 0.573 e. The molecule has 0 spiro atoms. The number of nitrogens with one attached hydrogen (secondary N) is 1. The van der Waals surface area contributed by atoms with Gasteiger partial charge in [0.1, 0.15) is 0 Å². The van der Waals surface area contributed by atoms with E-state index in [1.807, 2.05) is 0 Å². The van der Waals surface area contributed by atoms with E-state index in [0.717, 1.165) is 10.6 Å². The first-order chi connectivity index (χ1) is 14.1. The van der Waals surface area contributed by atoms with Crippen LogP contribution in [0, 0.1) is 0 Å². The van der Waals surface area contributed by atoms with Gasteiger partial charge < -0.3 is 14.6 Å². The molecule has 0 radical (unpaired) electrons. The molecule has 9 nitrogen and oxygen atoms in total. The van der Waals surface area contributed by atoms with Crippen LogP contribution in [0.15, 0.2) is 40.2 Å². The number of imidazole rings is 1. The minimum absolute atomic E-state index is 0.0217. The number of halogens is 3. The van der Waals surface area contributed by atoms with Crippen molar-refractivity contribution >= 4 is 22.8 Å². The Labute approximate surface area is 167 Å². The summed E-state index contributed by atoms with van der Waals surface area (Å²) in [6.45, 7) is 0.248. The Bertz CT molecular complexity index is 1210. The summed E-state index contributed by atoms with van der Waals surface area (Å²) >= 11 is 0. The molecule has 0 saturated carbocycles. The van der Waals surface area contributed by atoms with E-state index >= 15 is 0 Å². The Morgan fingerprint density at radius 2 is 1.87 bits per heavy atom. The maximum absolute atomic E-state index is 12.5. The lowest BCUT2D eigenvalue weighted by Crippen LogP contribution is -2.37. The number of nitrogens with zero attached hydrogens (tertiary/aromatic N) is 4. The van der Waals surface area contributed by atoms with E-state index in [0.29, 0.717) is 0 Å². The monoisotopic (exact) mass is 425 g/mol. The van der Waals surface area contributed by atoms with Crippen molar-refractivity contribution in [1.82, 2.24) is 18.7 Å². The molecule has 0 bridgehead atoms. The summed E-state index contributed by atoms with van der Waals surface area (Å²) in [6, 6.07) is 5.22. The van der Waals surface area contributed by atoms with E-state index in [-0.39, 0.29) is 36.2 Å². The second-order valence-corrected chi connectivity index (χ2v) is 6.51.